The molecule has 2 aromatic carbocycles. The zero-order valence-electron chi connectivity index (χ0n) is 19.6. The molecule has 0 unspecified atom stereocenters. The Balaban J connectivity index is 1.43. The summed E-state index contributed by atoms with van der Waals surface area (Å²) in [5, 5.41) is 30.4. The number of aliphatic hydroxyl groups excluding tert-OH is 1. The molecule has 3 heterocycles. The molecule has 8 nitrogen and oxygen atoms in total. The molecule has 0 aliphatic carbocycles. The lowest BCUT2D eigenvalue weighted by atomic mass is 10.1. The fourth-order valence-electron chi connectivity index (χ4n) is 4.47. The maximum absolute atomic E-state index is 10.9. The lowest BCUT2D eigenvalue weighted by molar-refractivity contribution is 0.214. The normalized spacial score (nSPS) is 15.2. The highest BCUT2D eigenvalue weighted by molar-refractivity contribution is 7.99. The van der Waals surface area contributed by atoms with E-state index in [0.717, 1.165) is 42.2 Å². The van der Waals surface area contributed by atoms with Gasteiger partial charge in [-0.3, -0.25) is 9.47 Å². The molecule has 1 N–H and O–H groups in total. The summed E-state index contributed by atoms with van der Waals surface area (Å²) in [6.07, 6.45) is 3.69. The molecule has 2 aromatic heterocycles. The number of imidazole rings is 1. The summed E-state index contributed by atoms with van der Waals surface area (Å²) >= 11 is 1.36. The third kappa shape index (κ3) is 4.81. The lowest BCUT2D eigenvalue weighted by Gasteiger charge is -2.26. The largest absolute Gasteiger partial charge is 0.510 e. The zero-order valence-corrected chi connectivity index (χ0v) is 20.4. The van der Waals surface area contributed by atoms with Crippen LogP contribution in [0.2, 0.25) is 0 Å². The minimum absolute atomic E-state index is 0.0314. The number of likely N-dealkylation sites (tertiary alicyclic amines) is 1. The number of benzene rings is 2. The summed E-state index contributed by atoms with van der Waals surface area (Å²) in [7, 11) is 1.85. The monoisotopic (exact) mass is 485 g/mol. The number of aryl methyl sites for hydroxylation is 1. The van der Waals surface area contributed by atoms with Crippen molar-refractivity contribution in [3.8, 4) is 11.8 Å². The van der Waals surface area contributed by atoms with Crippen LogP contribution in [-0.4, -0.2) is 53.2 Å². The van der Waals surface area contributed by atoms with Crippen molar-refractivity contribution in [2.45, 2.75) is 31.0 Å². The summed E-state index contributed by atoms with van der Waals surface area (Å²) < 4.78 is 3.88. The molecule has 35 heavy (non-hydrogen) atoms. The van der Waals surface area contributed by atoms with E-state index < -0.39 is 0 Å². The number of piperidine rings is 1. The van der Waals surface area contributed by atoms with Crippen LogP contribution in [0.3, 0.4) is 0 Å². The average molecular weight is 486 g/mol. The first-order valence-corrected chi connectivity index (χ1v) is 12.7. The van der Waals surface area contributed by atoms with Crippen LogP contribution in [0.1, 0.15) is 30.9 Å². The summed E-state index contributed by atoms with van der Waals surface area (Å²) in [6, 6.07) is 19.8. The number of aromatic nitrogens is 5. The molecule has 1 fully saturated rings. The SMILES string of the molecule is Cn1c(/C(C#N)=C(\O)CSc2nnc(CN3CCCCC3)n2-c2ccccc2)nc2ccccc21. The molecule has 178 valence electrons. The van der Waals surface area contributed by atoms with Crippen molar-refractivity contribution < 1.29 is 5.11 Å². The van der Waals surface area contributed by atoms with Gasteiger partial charge in [-0.25, -0.2) is 4.98 Å². The van der Waals surface area contributed by atoms with Crippen molar-refractivity contribution in [2.75, 3.05) is 18.8 Å². The third-order valence-corrected chi connectivity index (χ3v) is 7.22. The Morgan fingerprint density at radius 3 is 2.51 bits per heavy atom. The van der Waals surface area contributed by atoms with Crippen molar-refractivity contribution in [1.82, 2.24) is 29.2 Å². The number of hydrogen-bond acceptors (Lipinski definition) is 7. The van der Waals surface area contributed by atoms with Crippen LogP contribution in [0.25, 0.3) is 22.3 Å². The van der Waals surface area contributed by atoms with Crippen LogP contribution in [0.4, 0.5) is 0 Å². The molecule has 0 atom stereocenters. The van der Waals surface area contributed by atoms with Crippen molar-refractivity contribution in [3.05, 3.63) is 72.0 Å². The second-order valence-electron chi connectivity index (χ2n) is 8.61. The third-order valence-electron chi connectivity index (χ3n) is 6.28. The number of aliphatic hydroxyl groups is 1. The van der Waals surface area contributed by atoms with Gasteiger partial charge in [0.05, 0.1) is 23.3 Å². The second kappa shape index (κ2) is 10.3. The smallest absolute Gasteiger partial charge is 0.196 e. The molecule has 0 spiro atoms. The number of para-hydroxylation sites is 3. The highest BCUT2D eigenvalue weighted by atomic mass is 32.2. The standard InChI is InChI=1S/C26H27N7OS/c1-31-22-13-7-6-12-21(22)28-25(31)20(16-27)23(34)18-35-26-30-29-24(17-32-14-8-3-9-15-32)33(26)19-10-4-2-5-11-19/h2,4-7,10-13,34H,3,8-9,14-15,17-18H2,1H3/b23-20-. The average Bonchev–Trinajstić information content (AvgIpc) is 3.45. The molecule has 0 saturated carbocycles. The number of nitriles is 1. The van der Waals surface area contributed by atoms with Crippen LogP contribution < -0.4 is 0 Å². The van der Waals surface area contributed by atoms with E-state index in [1.165, 1.54) is 31.0 Å². The van der Waals surface area contributed by atoms with Crippen molar-refractivity contribution in [3.63, 3.8) is 0 Å². The summed E-state index contributed by atoms with van der Waals surface area (Å²) in [6.45, 7) is 2.86. The quantitative estimate of drug-likeness (QED) is 0.230. The van der Waals surface area contributed by atoms with E-state index in [1.807, 2.05) is 70.8 Å². The topological polar surface area (TPSA) is 95.8 Å². The van der Waals surface area contributed by atoms with Gasteiger partial charge in [-0.15, -0.1) is 10.2 Å². The molecule has 0 amide bonds. The lowest BCUT2D eigenvalue weighted by Crippen LogP contribution is -2.30. The predicted octanol–water partition coefficient (Wildman–Crippen LogP) is 4.72. The van der Waals surface area contributed by atoms with Crippen LogP contribution in [0.5, 0.6) is 0 Å². The molecular formula is C26H27N7OS. The van der Waals surface area contributed by atoms with Crippen LogP contribution in [-0.2, 0) is 13.6 Å². The van der Waals surface area contributed by atoms with E-state index in [0.29, 0.717) is 11.0 Å². The van der Waals surface area contributed by atoms with Crippen LogP contribution in [0, 0.1) is 11.3 Å². The molecule has 0 radical (unpaired) electrons. The zero-order chi connectivity index (χ0) is 24.2. The van der Waals surface area contributed by atoms with Gasteiger partial charge in [0.2, 0.25) is 0 Å². The molecule has 0 bridgehead atoms. The van der Waals surface area contributed by atoms with Gasteiger partial charge in [-0.1, -0.05) is 48.5 Å². The first kappa shape index (κ1) is 23.1. The maximum atomic E-state index is 10.9. The number of fused-ring (bicyclic) bond motifs is 1. The fourth-order valence-corrected chi connectivity index (χ4v) is 5.32. The number of allylic oxidation sites excluding steroid dienone is 1. The van der Waals surface area contributed by atoms with Crippen molar-refractivity contribution >= 4 is 28.4 Å². The van der Waals surface area contributed by atoms with Gasteiger partial charge in [0.25, 0.3) is 0 Å². The van der Waals surface area contributed by atoms with Crippen molar-refractivity contribution in [1.29, 1.82) is 5.26 Å². The van der Waals surface area contributed by atoms with E-state index in [-0.39, 0.29) is 17.1 Å². The van der Waals surface area contributed by atoms with Crippen LogP contribution >= 0.6 is 11.8 Å². The van der Waals surface area contributed by atoms with Gasteiger partial charge in [0.1, 0.15) is 17.4 Å². The fraction of sp³-hybridized carbons (Fsp3) is 0.308. The van der Waals surface area contributed by atoms with Crippen molar-refractivity contribution in [2.24, 2.45) is 7.05 Å². The summed E-state index contributed by atoms with van der Waals surface area (Å²) in [5.41, 5.74) is 2.83. The molecule has 1 saturated heterocycles. The summed E-state index contributed by atoms with van der Waals surface area (Å²) in [4.78, 5) is 6.98. The minimum Gasteiger partial charge on any atom is -0.510 e. The van der Waals surface area contributed by atoms with E-state index in [9.17, 15) is 10.4 Å². The summed E-state index contributed by atoms with van der Waals surface area (Å²) in [5.74, 6) is 1.47. The molecule has 4 aromatic rings. The highest BCUT2D eigenvalue weighted by Gasteiger charge is 2.21. The first-order chi connectivity index (χ1) is 17.2. The van der Waals surface area contributed by atoms with E-state index >= 15 is 0 Å². The Morgan fingerprint density at radius 1 is 1.03 bits per heavy atom. The molecular weight excluding hydrogens is 458 g/mol. The minimum atomic E-state index is -0.0314. The number of nitrogens with zero attached hydrogens (tertiary/aromatic N) is 7. The second-order valence-corrected chi connectivity index (χ2v) is 9.55. The van der Waals surface area contributed by atoms with E-state index in [1.54, 1.807) is 0 Å². The molecule has 5 rings (SSSR count). The number of hydrogen-bond donors (Lipinski definition) is 1. The Hall–Kier alpha value is -3.61. The van der Waals surface area contributed by atoms with Gasteiger partial charge in [0, 0.05) is 12.7 Å². The van der Waals surface area contributed by atoms with Gasteiger partial charge in [-0.05, 0) is 50.2 Å². The van der Waals surface area contributed by atoms with Gasteiger partial charge in [0.15, 0.2) is 16.8 Å². The van der Waals surface area contributed by atoms with Crippen LogP contribution in [0.15, 0.2) is 65.5 Å². The van der Waals surface area contributed by atoms with Gasteiger partial charge >= 0.3 is 0 Å². The Morgan fingerprint density at radius 2 is 1.77 bits per heavy atom. The Bertz CT molecular complexity index is 1390. The van der Waals surface area contributed by atoms with Gasteiger partial charge < -0.3 is 9.67 Å². The predicted molar refractivity (Wildman–Crippen MR) is 137 cm³/mol. The van der Waals surface area contributed by atoms with Gasteiger partial charge in [-0.2, -0.15) is 5.26 Å². The number of rotatable bonds is 7. The Kier molecular flexibility index (Phi) is 6.84. The first-order valence-electron chi connectivity index (χ1n) is 11.7. The maximum Gasteiger partial charge on any atom is 0.196 e. The molecule has 1 aliphatic rings. The highest BCUT2D eigenvalue weighted by Crippen LogP contribution is 2.28. The Labute approximate surface area is 208 Å². The van der Waals surface area contributed by atoms with E-state index in [4.69, 9.17) is 0 Å². The number of thioether (sulfide) groups is 1. The van der Waals surface area contributed by atoms with E-state index in [2.05, 4.69) is 26.2 Å². The molecule has 9 heteroatoms. The molecule has 1 aliphatic heterocycles.